The number of nitrogen functional groups attached to an aromatic ring is 1. The molecule has 0 bridgehead atoms. The summed E-state index contributed by atoms with van der Waals surface area (Å²) in [5.74, 6) is -0.0899. The van der Waals surface area contributed by atoms with Crippen molar-refractivity contribution < 1.29 is 4.79 Å². The molecule has 0 atom stereocenters. The van der Waals surface area contributed by atoms with Gasteiger partial charge in [-0.05, 0) is 43.8 Å². The fraction of sp³-hybridized carbons (Fsp3) is 0.381. The van der Waals surface area contributed by atoms with E-state index in [1.54, 1.807) is 6.07 Å². The number of aryl methyl sites for hydroxylation is 1. The van der Waals surface area contributed by atoms with Gasteiger partial charge in [-0.25, -0.2) is 0 Å². The van der Waals surface area contributed by atoms with Crippen molar-refractivity contribution in [2.45, 2.75) is 6.92 Å². The molecule has 27 heavy (non-hydrogen) atoms. The quantitative estimate of drug-likeness (QED) is 0.537. The van der Waals surface area contributed by atoms with Crippen LogP contribution in [0.4, 0.5) is 17.1 Å². The SMILES string of the molecule is CNCCNC(=O)c1ccc(N2CCN(c3ccccc3C)CC2)c(N)c1. The first-order chi connectivity index (χ1) is 13.1. The first kappa shape index (κ1) is 19.0. The maximum absolute atomic E-state index is 12.2. The molecule has 0 aliphatic carbocycles. The molecule has 1 saturated heterocycles. The van der Waals surface area contributed by atoms with E-state index in [0.717, 1.165) is 38.4 Å². The highest BCUT2D eigenvalue weighted by atomic mass is 16.1. The van der Waals surface area contributed by atoms with Gasteiger partial charge in [-0.15, -0.1) is 0 Å². The number of benzene rings is 2. The molecule has 2 aromatic carbocycles. The predicted molar refractivity (Wildman–Crippen MR) is 113 cm³/mol. The molecule has 0 radical (unpaired) electrons. The number of nitrogens with two attached hydrogens (primary N) is 1. The average Bonchev–Trinajstić information content (AvgIpc) is 2.69. The smallest absolute Gasteiger partial charge is 0.251 e. The highest BCUT2D eigenvalue weighted by molar-refractivity contribution is 5.96. The van der Waals surface area contributed by atoms with Crippen LogP contribution in [-0.4, -0.2) is 52.2 Å². The largest absolute Gasteiger partial charge is 0.397 e. The Labute approximate surface area is 161 Å². The molecule has 144 valence electrons. The zero-order chi connectivity index (χ0) is 19.2. The summed E-state index contributed by atoms with van der Waals surface area (Å²) in [5, 5.41) is 5.88. The molecule has 0 aromatic heterocycles. The number of rotatable bonds is 6. The van der Waals surface area contributed by atoms with E-state index in [4.69, 9.17) is 5.73 Å². The number of nitrogens with one attached hydrogen (secondary N) is 2. The first-order valence-electron chi connectivity index (χ1n) is 9.48. The van der Waals surface area contributed by atoms with Gasteiger partial charge in [0.2, 0.25) is 0 Å². The lowest BCUT2D eigenvalue weighted by atomic mass is 10.1. The number of carbonyl (C=O) groups excluding carboxylic acids is 1. The molecule has 1 aliphatic heterocycles. The Morgan fingerprint density at radius 1 is 1.00 bits per heavy atom. The third-order valence-electron chi connectivity index (χ3n) is 5.03. The van der Waals surface area contributed by atoms with Crippen LogP contribution in [0.1, 0.15) is 15.9 Å². The predicted octanol–water partition coefficient (Wildman–Crippen LogP) is 1.85. The zero-order valence-electron chi connectivity index (χ0n) is 16.2. The molecule has 6 heteroatoms. The number of likely N-dealkylation sites (N-methyl/N-ethyl adjacent to an activating group) is 1. The lowest BCUT2D eigenvalue weighted by Gasteiger charge is -2.38. The van der Waals surface area contributed by atoms with E-state index in [2.05, 4.69) is 51.6 Å². The topological polar surface area (TPSA) is 73.6 Å². The molecule has 6 nitrogen and oxygen atoms in total. The summed E-state index contributed by atoms with van der Waals surface area (Å²) in [6, 6.07) is 14.1. The lowest BCUT2D eigenvalue weighted by Crippen LogP contribution is -2.47. The van der Waals surface area contributed by atoms with E-state index in [9.17, 15) is 4.79 Å². The molecule has 3 rings (SSSR count). The van der Waals surface area contributed by atoms with E-state index in [1.165, 1.54) is 11.3 Å². The molecule has 0 saturated carbocycles. The summed E-state index contributed by atoms with van der Waals surface area (Å²) < 4.78 is 0. The van der Waals surface area contributed by atoms with Gasteiger partial charge >= 0.3 is 0 Å². The maximum Gasteiger partial charge on any atom is 0.251 e. The van der Waals surface area contributed by atoms with Gasteiger partial charge in [0, 0.05) is 50.5 Å². The Hall–Kier alpha value is -2.73. The van der Waals surface area contributed by atoms with E-state index in [-0.39, 0.29) is 5.91 Å². The summed E-state index contributed by atoms with van der Waals surface area (Å²) in [6.45, 7) is 7.22. The van der Waals surface area contributed by atoms with Crippen molar-refractivity contribution in [3.8, 4) is 0 Å². The van der Waals surface area contributed by atoms with Crippen molar-refractivity contribution in [1.29, 1.82) is 0 Å². The summed E-state index contributed by atoms with van der Waals surface area (Å²) >= 11 is 0. The molecule has 1 amide bonds. The van der Waals surface area contributed by atoms with Crippen LogP contribution in [0.25, 0.3) is 0 Å². The van der Waals surface area contributed by atoms with Crippen molar-refractivity contribution in [2.24, 2.45) is 0 Å². The second-order valence-corrected chi connectivity index (χ2v) is 6.89. The molecule has 0 unspecified atom stereocenters. The highest BCUT2D eigenvalue weighted by Crippen LogP contribution is 2.27. The van der Waals surface area contributed by atoms with Gasteiger partial charge < -0.3 is 26.2 Å². The van der Waals surface area contributed by atoms with Gasteiger partial charge in [0.1, 0.15) is 0 Å². The average molecular weight is 367 g/mol. The van der Waals surface area contributed by atoms with Crippen molar-refractivity contribution in [3.05, 3.63) is 53.6 Å². The van der Waals surface area contributed by atoms with Crippen molar-refractivity contribution in [3.63, 3.8) is 0 Å². The molecular formula is C21H29N5O. The van der Waals surface area contributed by atoms with Gasteiger partial charge in [0.05, 0.1) is 11.4 Å². The lowest BCUT2D eigenvalue weighted by molar-refractivity contribution is 0.0954. The van der Waals surface area contributed by atoms with Crippen LogP contribution in [0.3, 0.4) is 0 Å². The fourth-order valence-electron chi connectivity index (χ4n) is 3.49. The summed E-state index contributed by atoms with van der Waals surface area (Å²) in [6.07, 6.45) is 0. The van der Waals surface area contributed by atoms with E-state index in [1.807, 2.05) is 19.2 Å². The summed E-state index contributed by atoms with van der Waals surface area (Å²) in [5.41, 5.74) is 11.1. The van der Waals surface area contributed by atoms with Crippen LogP contribution < -0.4 is 26.2 Å². The van der Waals surface area contributed by atoms with Crippen LogP contribution in [0.15, 0.2) is 42.5 Å². The molecule has 1 heterocycles. The van der Waals surface area contributed by atoms with Crippen molar-refractivity contribution in [2.75, 3.05) is 61.8 Å². The Bertz CT molecular complexity index is 784. The van der Waals surface area contributed by atoms with E-state index >= 15 is 0 Å². The number of para-hydroxylation sites is 1. The van der Waals surface area contributed by atoms with Gasteiger partial charge in [0.15, 0.2) is 0 Å². The number of carbonyl (C=O) groups is 1. The molecule has 1 fully saturated rings. The molecular weight excluding hydrogens is 338 g/mol. The summed E-state index contributed by atoms with van der Waals surface area (Å²) in [4.78, 5) is 16.9. The monoisotopic (exact) mass is 367 g/mol. The van der Waals surface area contributed by atoms with E-state index in [0.29, 0.717) is 17.8 Å². The third-order valence-corrected chi connectivity index (χ3v) is 5.03. The minimum atomic E-state index is -0.0899. The van der Waals surface area contributed by atoms with Crippen LogP contribution in [-0.2, 0) is 0 Å². The van der Waals surface area contributed by atoms with Crippen molar-refractivity contribution in [1.82, 2.24) is 10.6 Å². The van der Waals surface area contributed by atoms with E-state index < -0.39 is 0 Å². The second kappa shape index (κ2) is 8.77. The third kappa shape index (κ3) is 4.52. The van der Waals surface area contributed by atoms with Gasteiger partial charge in [-0.1, -0.05) is 18.2 Å². The van der Waals surface area contributed by atoms with Gasteiger partial charge in [-0.2, -0.15) is 0 Å². The molecule has 0 spiro atoms. The number of piperazine rings is 1. The van der Waals surface area contributed by atoms with Crippen LogP contribution in [0, 0.1) is 6.92 Å². The number of nitrogens with zero attached hydrogens (tertiary/aromatic N) is 2. The molecule has 1 aliphatic rings. The van der Waals surface area contributed by atoms with Crippen LogP contribution in [0.5, 0.6) is 0 Å². The Kier molecular flexibility index (Phi) is 6.19. The van der Waals surface area contributed by atoms with Crippen molar-refractivity contribution >= 4 is 23.0 Å². The Balaban J connectivity index is 1.63. The number of hydrogen-bond acceptors (Lipinski definition) is 5. The van der Waals surface area contributed by atoms with Gasteiger partial charge in [0.25, 0.3) is 5.91 Å². The highest BCUT2D eigenvalue weighted by Gasteiger charge is 2.20. The second-order valence-electron chi connectivity index (χ2n) is 6.89. The molecule has 4 N–H and O–H groups in total. The number of hydrogen-bond donors (Lipinski definition) is 3. The minimum Gasteiger partial charge on any atom is -0.397 e. The maximum atomic E-state index is 12.2. The standard InChI is InChI=1S/C21H29N5O/c1-16-5-3-4-6-19(16)25-11-13-26(14-12-25)20-8-7-17(15-18(20)22)21(27)24-10-9-23-2/h3-8,15,23H,9-14,22H2,1-2H3,(H,24,27). The number of amides is 1. The van der Waals surface area contributed by atoms with Crippen LogP contribution in [0.2, 0.25) is 0 Å². The minimum absolute atomic E-state index is 0.0899. The van der Waals surface area contributed by atoms with Crippen LogP contribution >= 0.6 is 0 Å². The zero-order valence-corrected chi connectivity index (χ0v) is 16.2. The number of anilines is 3. The van der Waals surface area contributed by atoms with Gasteiger partial charge in [-0.3, -0.25) is 4.79 Å². The summed E-state index contributed by atoms with van der Waals surface area (Å²) in [7, 11) is 1.86. The first-order valence-corrected chi connectivity index (χ1v) is 9.48. The normalized spacial score (nSPS) is 14.3. The Morgan fingerprint density at radius 2 is 1.67 bits per heavy atom. The Morgan fingerprint density at radius 3 is 2.30 bits per heavy atom. The fourth-order valence-corrected chi connectivity index (χ4v) is 3.49. The molecule has 2 aromatic rings.